The Hall–Kier alpha value is -2.55. The molecule has 0 aliphatic heterocycles. The van der Waals surface area contributed by atoms with Crippen LogP contribution >= 0.6 is 0 Å². The van der Waals surface area contributed by atoms with Gasteiger partial charge in [-0.2, -0.15) is 0 Å². The SMILES string of the molecule is Cc1cccc(/C(=C\c2cccc(O)c2)C(=O)O)c1. The normalized spacial score (nSPS) is 11.3. The lowest BCUT2D eigenvalue weighted by Crippen LogP contribution is -1.99. The number of rotatable bonds is 3. The fourth-order valence-electron chi connectivity index (χ4n) is 1.86. The minimum absolute atomic E-state index is 0.114. The van der Waals surface area contributed by atoms with Crippen molar-refractivity contribution in [2.75, 3.05) is 0 Å². The predicted octanol–water partition coefficient (Wildman–Crippen LogP) is 3.33. The molecule has 3 nitrogen and oxygen atoms in total. The van der Waals surface area contributed by atoms with Gasteiger partial charge in [0.25, 0.3) is 0 Å². The van der Waals surface area contributed by atoms with Gasteiger partial charge < -0.3 is 10.2 Å². The summed E-state index contributed by atoms with van der Waals surface area (Å²) in [5.41, 5.74) is 2.50. The molecule has 2 rings (SSSR count). The van der Waals surface area contributed by atoms with E-state index in [9.17, 15) is 15.0 Å². The minimum atomic E-state index is -0.992. The number of benzene rings is 2. The van der Waals surface area contributed by atoms with Crippen LogP contribution in [0, 0.1) is 6.92 Å². The summed E-state index contributed by atoms with van der Waals surface area (Å²) in [7, 11) is 0. The standard InChI is InChI=1S/C16H14O3/c1-11-4-2-6-13(8-11)15(16(18)19)10-12-5-3-7-14(17)9-12/h2-10,17H,1H3,(H,18,19)/b15-10+. The van der Waals surface area contributed by atoms with Crippen molar-refractivity contribution in [2.24, 2.45) is 0 Å². The summed E-state index contributed by atoms with van der Waals surface area (Å²) in [6, 6.07) is 13.8. The van der Waals surface area contributed by atoms with Crippen LogP contribution in [-0.2, 0) is 4.79 Å². The topological polar surface area (TPSA) is 57.5 Å². The van der Waals surface area contributed by atoms with Crippen LogP contribution in [0.15, 0.2) is 48.5 Å². The van der Waals surface area contributed by atoms with E-state index in [0.717, 1.165) is 5.56 Å². The maximum atomic E-state index is 11.4. The van der Waals surface area contributed by atoms with Gasteiger partial charge in [0, 0.05) is 0 Å². The molecule has 19 heavy (non-hydrogen) atoms. The van der Waals surface area contributed by atoms with Gasteiger partial charge >= 0.3 is 5.97 Å². The van der Waals surface area contributed by atoms with Gasteiger partial charge in [0.2, 0.25) is 0 Å². The zero-order chi connectivity index (χ0) is 13.8. The molecular formula is C16H14O3. The highest BCUT2D eigenvalue weighted by atomic mass is 16.4. The molecule has 0 aromatic heterocycles. The van der Waals surface area contributed by atoms with Crippen molar-refractivity contribution in [1.82, 2.24) is 0 Å². The zero-order valence-corrected chi connectivity index (χ0v) is 10.5. The molecule has 0 amide bonds. The molecule has 0 fully saturated rings. The van der Waals surface area contributed by atoms with Crippen LogP contribution in [0.3, 0.4) is 0 Å². The summed E-state index contributed by atoms with van der Waals surface area (Å²) in [6.45, 7) is 1.91. The van der Waals surface area contributed by atoms with Crippen LogP contribution in [0.1, 0.15) is 16.7 Å². The van der Waals surface area contributed by atoms with Crippen LogP contribution in [0.2, 0.25) is 0 Å². The molecule has 0 spiro atoms. The van der Waals surface area contributed by atoms with Crippen LogP contribution in [-0.4, -0.2) is 16.2 Å². The lowest BCUT2D eigenvalue weighted by Gasteiger charge is -2.04. The summed E-state index contributed by atoms with van der Waals surface area (Å²) in [5, 5.41) is 18.7. The van der Waals surface area contributed by atoms with Gasteiger partial charge in [-0.3, -0.25) is 0 Å². The average Bonchev–Trinajstić information content (AvgIpc) is 2.35. The van der Waals surface area contributed by atoms with Crippen molar-refractivity contribution in [2.45, 2.75) is 6.92 Å². The summed E-state index contributed by atoms with van der Waals surface area (Å²) in [4.78, 5) is 11.4. The summed E-state index contributed by atoms with van der Waals surface area (Å²) >= 11 is 0. The van der Waals surface area contributed by atoms with Gasteiger partial charge in [0.15, 0.2) is 0 Å². The molecule has 0 aliphatic carbocycles. The molecule has 0 saturated carbocycles. The van der Waals surface area contributed by atoms with Gasteiger partial charge in [-0.25, -0.2) is 4.79 Å². The van der Waals surface area contributed by atoms with Crippen LogP contribution in [0.4, 0.5) is 0 Å². The average molecular weight is 254 g/mol. The summed E-state index contributed by atoms with van der Waals surface area (Å²) in [5.74, 6) is -0.878. The summed E-state index contributed by atoms with van der Waals surface area (Å²) < 4.78 is 0. The molecule has 2 aromatic carbocycles. The van der Waals surface area contributed by atoms with Crippen LogP contribution in [0.5, 0.6) is 5.75 Å². The molecule has 3 heteroatoms. The molecule has 0 heterocycles. The molecule has 0 saturated heterocycles. The maximum absolute atomic E-state index is 11.4. The quantitative estimate of drug-likeness (QED) is 0.652. The van der Waals surface area contributed by atoms with Crippen molar-refractivity contribution >= 4 is 17.6 Å². The maximum Gasteiger partial charge on any atom is 0.336 e. The highest BCUT2D eigenvalue weighted by Crippen LogP contribution is 2.21. The number of hydrogen-bond donors (Lipinski definition) is 2. The first kappa shape index (κ1) is 12.9. The number of carboxylic acids is 1. The third kappa shape index (κ3) is 3.22. The first-order chi connectivity index (χ1) is 9.06. The van der Waals surface area contributed by atoms with Crippen LogP contribution < -0.4 is 0 Å². The molecule has 96 valence electrons. The Balaban J connectivity index is 2.49. The predicted molar refractivity (Wildman–Crippen MR) is 74.8 cm³/mol. The first-order valence-electron chi connectivity index (χ1n) is 5.87. The molecule has 0 bridgehead atoms. The number of phenols is 1. The van der Waals surface area contributed by atoms with Crippen molar-refractivity contribution in [1.29, 1.82) is 0 Å². The van der Waals surface area contributed by atoms with E-state index in [1.54, 1.807) is 30.3 Å². The second-order valence-corrected chi connectivity index (χ2v) is 4.33. The molecule has 0 unspecified atom stereocenters. The van der Waals surface area contributed by atoms with Gasteiger partial charge in [-0.15, -0.1) is 0 Å². The van der Waals surface area contributed by atoms with E-state index < -0.39 is 5.97 Å². The molecule has 0 radical (unpaired) electrons. The van der Waals surface area contributed by atoms with Gasteiger partial charge in [-0.1, -0.05) is 42.0 Å². The van der Waals surface area contributed by atoms with Gasteiger partial charge in [0.1, 0.15) is 5.75 Å². The van der Waals surface area contributed by atoms with Gasteiger partial charge in [-0.05, 0) is 36.3 Å². The monoisotopic (exact) mass is 254 g/mol. The first-order valence-corrected chi connectivity index (χ1v) is 5.87. The van der Waals surface area contributed by atoms with Crippen molar-refractivity contribution in [3.8, 4) is 5.75 Å². The Morgan fingerprint density at radius 3 is 2.47 bits per heavy atom. The van der Waals surface area contributed by atoms with E-state index in [1.165, 1.54) is 6.07 Å². The Labute approximate surface area is 111 Å². The number of carbonyl (C=O) groups is 1. The number of phenolic OH excluding ortho intramolecular Hbond substituents is 1. The third-order valence-corrected chi connectivity index (χ3v) is 2.74. The second-order valence-electron chi connectivity index (χ2n) is 4.33. The zero-order valence-electron chi connectivity index (χ0n) is 10.5. The number of aliphatic carboxylic acids is 1. The number of aromatic hydroxyl groups is 1. The molecular weight excluding hydrogens is 240 g/mol. The summed E-state index contributed by atoms with van der Waals surface area (Å²) in [6.07, 6.45) is 1.55. The minimum Gasteiger partial charge on any atom is -0.508 e. The smallest absolute Gasteiger partial charge is 0.336 e. The fourth-order valence-corrected chi connectivity index (χ4v) is 1.86. The lowest BCUT2D eigenvalue weighted by atomic mass is 10.0. The highest BCUT2D eigenvalue weighted by Gasteiger charge is 2.10. The third-order valence-electron chi connectivity index (χ3n) is 2.74. The Bertz CT molecular complexity index is 642. The van der Waals surface area contributed by atoms with E-state index in [2.05, 4.69) is 0 Å². The number of carboxylic acid groups (broad SMARTS) is 1. The Morgan fingerprint density at radius 1 is 1.11 bits per heavy atom. The molecule has 0 atom stereocenters. The van der Waals surface area contributed by atoms with E-state index in [1.807, 2.05) is 25.1 Å². The van der Waals surface area contributed by atoms with Crippen LogP contribution in [0.25, 0.3) is 11.6 Å². The Morgan fingerprint density at radius 2 is 1.84 bits per heavy atom. The number of hydrogen-bond acceptors (Lipinski definition) is 2. The highest BCUT2D eigenvalue weighted by molar-refractivity contribution is 6.20. The number of aryl methyl sites for hydroxylation is 1. The van der Waals surface area contributed by atoms with Gasteiger partial charge in [0.05, 0.1) is 5.57 Å². The second kappa shape index (κ2) is 5.40. The van der Waals surface area contributed by atoms with E-state index in [-0.39, 0.29) is 11.3 Å². The molecule has 2 aromatic rings. The van der Waals surface area contributed by atoms with E-state index >= 15 is 0 Å². The van der Waals surface area contributed by atoms with Crippen molar-refractivity contribution < 1.29 is 15.0 Å². The molecule has 2 N–H and O–H groups in total. The lowest BCUT2D eigenvalue weighted by molar-refractivity contribution is -0.130. The Kier molecular flexibility index (Phi) is 3.66. The largest absolute Gasteiger partial charge is 0.508 e. The van der Waals surface area contributed by atoms with E-state index in [0.29, 0.717) is 11.1 Å². The van der Waals surface area contributed by atoms with E-state index in [4.69, 9.17) is 0 Å². The van der Waals surface area contributed by atoms with Crippen molar-refractivity contribution in [3.05, 3.63) is 65.2 Å². The fraction of sp³-hybridized carbons (Fsp3) is 0.0625. The molecule has 0 aliphatic rings. The van der Waals surface area contributed by atoms with Crippen molar-refractivity contribution in [3.63, 3.8) is 0 Å².